The van der Waals surface area contributed by atoms with Gasteiger partial charge in [-0.15, -0.1) is 0 Å². The van der Waals surface area contributed by atoms with Crippen LogP contribution < -0.4 is 4.74 Å². The van der Waals surface area contributed by atoms with E-state index < -0.39 is 6.10 Å². The number of methoxy groups -OCH3 is 1. The molecule has 1 aromatic heterocycles. The summed E-state index contributed by atoms with van der Waals surface area (Å²) in [6, 6.07) is 17.5. The molecule has 0 bridgehead atoms. The maximum Gasteiger partial charge on any atom is 0.142 e. The summed E-state index contributed by atoms with van der Waals surface area (Å²) >= 11 is 0. The second-order valence-corrected chi connectivity index (χ2v) is 5.07. The Bertz CT molecular complexity index is 720. The fourth-order valence-corrected chi connectivity index (χ4v) is 2.42. The molecule has 0 fully saturated rings. The third kappa shape index (κ3) is 3.02. The van der Waals surface area contributed by atoms with Gasteiger partial charge in [0.25, 0.3) is 0 Å². The van der Waals surface area contributed by atoms with E-state index in [0.29, 0.717) is 12.4 Å². The highest BCUT2D eigenvalue weighted by molar-refractivity contribution is 5.31. The molecule has 0 saturated heterocycles. The molecular formula is C18H18N2O2. The molecule has 0 radical (unpaired) electrons. The Kier molecular flexibility index (Phi) is 4.21. The van der Waals surface area contributed by atoms with Gasteiger partial charge in [0.2, 0.25) is 0 Å². The summed E-state index contributed by atoms with van der Waals surface area (Å²) in [7, 11) is 1.62. The normalized spacial score (nSPS) is 12.1. The van der Waals surface area contributed by atoms with Gasteiger partial charge >= 0.3 is 0 Å². The van der Waals surface area contributed by atoms with E-state index in [9.17, 15) is 5.11 Å². The molecule has 0 amide bonds. The Labute approximate surface area is 129 Å². The molecule has 3 rings (SSSR count). The zero-order chi connectivity index (χ0) is 15.4. The predicted molar refractivity (Wildman–Crippen MR) is 84.8 cm³/mol. The Morgan fingerprint density at radius 2 is 1.82 bits per heavy atom. The summed E-state index contributed by atoms with van der Waals surface area (Å²) in [5, 5.41) is 10.6. The quantitative estimate of drug-likeness (QED) is 0.787. The van der Waals surface area contributed by atoms with E-state index in [4.69, 9.17) is 4.74 Å². The fraction of sp³-hybridized carbons (Fsp3) is 0.167. The van der Waals surface area contributed by atoms with Gasteiger partial charge in [-0.25, -0.2) is 4.98 Å². The number of aromatic nitrogens is 2. The highest BCUT2D eigenvalue weighted by atomic mass is 16.5. The van der Waals surface area contributed by atoms with Crippen LogP contribution in [0.25, 0.3) is 0 Å². The molecule has 4 nitrogen and oxygen atoms in total. The van der Waals surface area contributed by atoms with Crippen molar-refractivity contribution in [3.63, 3.8) is 0 Å². The molecule has 0 aliphatic heterocycles. The molecule has 1 atom stereocenters. The third-order valence-corrected chi connectivity index (χ3v) is 3.62. The van der Waals surface area contributed by atoms with E-state index in [2.05, 4.69) is 17.1 Å². The van der Waals surface area contributed by atoms with E-state index in [0.717, 1.165) is 11.3 Å². The van der Waals surface area contributed by atoms with Gasteiger partial charge in [0.15, 0.2) is 0 Å². The van der Waals surface area contributed by atoms with E-state index in [1.165, 1.54) is 5.56 Å². The lowest BCUT2D eigenvalue weighted by molar-refractivity contribution is 0.205. The van der Waals surface area contributed by atoms with Gasteiger partial charge in [-0.1, -0.05) is 42.5 Å². The van der Waals surface area contributed by atoms with Crippen LogP contribution in [-0.2, 0) is 6.54 Å². The second-order valence-electron chi connectivity index (χ2n) is 5.07. The number of imidazole rings is 1. The number of benzene rings is 2. The number of aliphatic hydroxyl groups excluding tert-OH is 1. The van der Waals surface area contributed by atoms with Crippen LogP contribution in [0.15, 0.2) is 67.0 Å². The molecule has 3 aromatic rings. The van der Waals surface area contributed by atoms with E-state index in [1.54, 1.807) is 13.3 Å². The molecule has 0 spiro atoms. The average Bonchev–Trinajstić information content (AvgIpc) is 3.03. The average molecular weight is 294 g/mol. The molecule has 112 valence electrons. The van der Waals surface area contributed by atoms with Crippen molar-refractivity contribution in [2.45, 2.75) is 12.6 Å². The minimum Gasteiger partial charge on any atom is -0.497 e. The molecule has 0 aliphatic carbocycles. The Balaban J connectivity index is 1.84. The van der Waals surface area contributed by atoms with Crippen LogP contribution >= 0.6 is 0 Å². The van der Waals surface area contributed by atoms with Gasteiger partial charge in [0, 0.05) is 18.9 Å². The highest BCUT2D eigenvalue weighted by Crippen LogP contribution is 2.23. The summed E-state index contributed by atoms with van der Waals surface area (Å²) in [6.07, 6.45) is 2.84. The number of ether oxygens (including phenoxy) is 1. The lowest BCUT2D eigenvalue weighted by atomic mass is 10.1. The van der Waals surface area contributed by atoms with Gasteiger partial charge in [-0.05, 0) is 23.3 Å². The molecule has 0 aliphatic rings. The van der Waals surface area contributed by atoms with Gasteiger partial charge in [0.1, 0.15) is 17.7 Å². The summed E-state index contributed by atoms with van der Waals surface area (Å²) in [5.74, 6) is 1.40. The fourth-order valence-electron chi connectivity index (χ4n) is 2.42. The minimum atomic E-state index is -0.760. The Morgan fingerprint density at radius 1 is 1.09 bits per heavy atom. The van der Waals surface area contributed by atoms with Crippen LogP contribution in [0.1, 0.15) is 23.1 Å². The second kappa shape index (κ2) is 6.45. The van der Waals surface area contributed by atoms with Crippen molar-refractivity contribution >= 4 is 0 Å². The predicted octanol–water partition coefficient (Wildman–Crippen LogP) is 3.02. The van der Waals surface area contributed by atoms with Crippen LogP contribution in [0, 0.1) is 0 Å². The van der Waals surface area contributed by atoms with Crippen molar-refractivity contribution in [3.05, 3.63) is 83.9 Å². The van der Waals surface area contributed by atoms with Crippen molar-refractivity contribution < 1.29 is 9.84 Å². The van der Waals surface area contributed by atoms with Crippen molar-refractivity contribution in [2.24, 2.45) is 0 Å². The van der Waals surface area contributed by atoms with Gasteiger partial charge in [-0.2, -0.15) is 0 Å². The van der Waals surface area contributed by atoms with Crippen molar-refractivity contribution in [3.8, 4) is 5.75 Å². The van der Waals surface area contributed by atoms with E-state index in [1.807, 2.05) is 53.2 Å². The Hall–Kier alpha value is -2.59. The summed E-state index contributed by atoms with van der Waals surface area (Å²) in [4.78, 5) is 4.31. The van der Waals surface area contributed by atoms with Gasteiger partial charge in [0.05, 0.1) is 7.11 Å². The molecule has 22 heavy (non-hydrogen) atoms. The van der Waals surface area contributed by atoms with Crippen molar-refractivity contribution in [1.82, 2.24) is 9.55 Å². The topological polar surface area (TPSA) is 47.3 Å². The van der Waals surface area contributed by atoms with Gasteiger partial charge < -0.3 is 14.4 Å². The van der Waals surface area contributed by atoms with Crippen molar-refractivity contribution in [1.29, 1.82) is 0 Å². The van der Waals surface area contributed by atoms with Crippen LogP contribution in [0.5, 0.6) is 5.75 Å². The SMILES string of the molecule is COc1ccc([C@H](O)c2nccn2Cc2ccccc2)cc1. The minimum absolute atomic E-state index is 0.633. The molecule has 1 heterocycles. The zero-order valence-corrected chi connectivity index (χ0v) is 12.4. The number of rotatable bonds is 5. The van der Waals surface area contributed by atoms with Crippen LogP contribution in [0.3, 0.4) is 0 Å². The standard InChI is InChI=1S/C18H18N2O2/c1-22-16-9-7-15(8-10-16)17(21)18-19-11-12-20(18)13-14-5-3-2-4-6-14/h2-12,17,21H,13H2,1H3/t17-/m0/s1. The maximum absolute atomic E-state index is 10.6. The van der Waals surface area contributed by atoms with Crippen molar-refractivity contribution in [2.75, 3.05) is 7.11 Å². The first-order valence-corrected chi connectivity index (χ1v) is 7.15. The number of aliphatic hydroxyl groups is 1. The van der Waals surface area contributed by atoms with E-state index in [-0.39, 0.29) is 0 Å². The highest BCUT2D eigenvalue weighted by Gasteiger charge is 2.16. The molecule has 4 heteroatoms. The largest absolute Gasteiger partial charge is 0.497 e. The number of nitrogens with zero attached hydrogens (tertiary/aromatic N) is 2. The lowest BCUT2D eigenvalue weighted by Gasteiger charge is -2.14. The zero-order valence-electron chi connectivity index (χ0n) is 12.4. The first kappa shape index (κ1) is 14.4. The van der Waals surface area contributed by atoms with E-state index >= 15 is 0 Å². The third-order valence-electron chi connectivity index (χ3n) is 3.62. The molecular weight excluding hydrogens is 276 g/mol. The first-order valence-electron chi connectivity index (χ1n) is 7.15. The Morgan fingerprint density at radius 3 is 2.50 bits per heavy atom. The molecule has 0 unspecified atom stereocenters. The summed E-state index contributed by atoms with van der Waals surface area (Å²) in [6.45, 7) is 0.684. The maximum atomic E-state index is 10.6. The van der Waals surface area contributed by atoms with Crippen LogP contribution in [0.4, 0.5) is 0 Å². The lowest BCUT2D eigenvalue weighted by Crippen LogP contribution is -2.10. The smallest absolute Gasteiger partial charge is 0.142 e. The first-order chi connectivity index (χ1) is 10.8. The number of hydrogen-bond acceptors (Lipinski definition) is 3. The summed E-state index contributed by atoms with van der Waals surface area (Å²) in [5.41, 5.74) is 1.96. The van der Waals surface area contributed by atoms with Crippen LogP contribution in [-0.4, -0.2) is 21.8 Å². The monoisotopic (exact) mass is 294 g/mol. The number of hydrogen-bond donors (Lipinski definition) is 1. The van der Waals surface area contributed by atoms with Gasteiger partial charge in [-0.3, -0.25) is 0 Å². The molecule has 1 N–H and O–H groups in total. The molecule has 0 saturated carbocycles. The molecule has 2 aromatic carbocycles. The van der Waals surface area contributed by atoms with Crippen LogP contribution in [0.2, 0.25) is 0 Å². The summed E-state index contributed by atoms with van der Waals surface area (Å²) < 4.78 is 7.10.